The van der Waals surface area contributed by atoms with E-state index in [9.17, 15) is 14.0 Å². The summed E-state index contributed by atoms with van der Waals surface area (Å²) in [6, 6.07) is 19.8. The molecule has 0 saturated heterocycles. The van der Waals surface area contributed by atoms with Crippen LogP contribution in [0.3, 0.4) is 0 Å². The van der Waals surface area contributed by atoms with Crippen LogP contribution in [0.15, 0.2) is 77.6 Å². The van der Waals surface area contributed by atoms with Crippen molar-refractivity contribution in [1.82, 2.24) is 9.13 Å². The number of hydrogen-bond acceptors (Lipinski definition) is 2. The molecule has 0 fully saturated rings. The van der Waals surface area contributed by atoms with Gasteiger partial charge in [0.05, 0.1) is 23.3 Å². The zero-order valence-electron chi connectivity index (χ0n) is 14.2. The Hall–Kier alpha value is -3.67. The minimum absolute atomic E-state index is 0.0975. The number of fused-ring (bicyclic) bond motifs is 1. The zero-order valence-corrected chi connectivity index (χ0v) is 14.2. The summed E-state index contributed by atoms with van der Waals surface area (Å²) in [5.74, 6) is -1.58. The molecule has 4 aromatic rings. The summed E-state index contributed by atoms with van der Waals surface area (Å²) in [5.41, 5.74) is 1.69. The SMILES string of the molecule is O=C(O)c1ccc(-n2c(=O)n(Cc3ccccc3)c3cccc(F)c32)cc1. The van der Waals surface area contributed by atoms with E-state index in [4.69, 9.17) is 5.11 Å². The molecule has 0 unspecified atom stereocenters. The van der Waals surface area contributed by atoms with Crippen molar-refractivity contribution in [3.8, 4) is 5.69 Å². The van der Waals surface area contributed by atoms with E-state index in [0.717, 1.165) is 5.56 Å². The molecule has 5 nitrogen and oxygen atoms in total. The molecule has 4 rings (SSSR count). The first-order valence-electron chi connectivity index (χ1n) is 8.33. The normalized spacial score (nSPS) is 11.0. The van der Waals surface area contributed by atoms with Gasteiger partial charge >= 0.3 is 11.7 Å². The van der Waals surface area contributed by atoms with Crippen LogP contribution in [0.5, 0.6) is 0 Å². The van der Waals surface area contributed by atoms with Gasteiger partial charge < -0.3 is 5.11 Å². The van der Waals surface area contributed by atoms with E-state index in [2.05, 4.69) is 0 Å². The van der Waals surface area contributed by atoms with Gasteiger partial charge in [0.2, 0.25) is 0 Å². The van der Waals surface area contributed by atoms with E-state index >= 15 is 0 Å². The average molecular weight is 362 g/mol. The quantitative estimate of drug-likeness (QED) is 0.602. The van der Waals surface area contributed by atoms with Gasteiger partial charge in [0, 0.05) is 0 Å². The summed E-state index contributed by atoms with van der Waals surface area (Å²) in [6.45, 7) is 0.305. The molecule has 134 valence electrons. The number of halogens is 1. The molecular formula is C21H15FN2O3. The predicted octanol–water partition coefficient (Wildman–Crippen LogP) is 3.68. The van der Waals surface area contributed by atoms with E-state index in [1.807, 2.05) is 30.3 Å². The van der Waals surface area contributed by atoms with Crippen molar-refractivity contribution in [2.45, 2.75) is 6.54 Å². The lowest BCUT2D eigenvalue weighted by atomic mass is 10.2. The van der Waals surface area contributed by atoms with Gasteiger partial charge in [0.25, 0.3) is 0 Å². The predicted molar refractivity (Wildman–Crippen MR) is 100.0 cm³/mol. The number of nitrogens with zero attached hydrogens (tertiary/aromatic N) is 2. The third-order valence-corrected chi connectivity index (χ3v) is 4.46. The molecule has 0 spiro atoms. The molecule has 0 aliphatic rings. The molecule has 3 aromatic carbocycles. The maximum atomic E-state index is 14.6. The smallest absolute Gasteiger partial charge is 0.335 e. The van der Waals surface area contributed by atoms with Crippen LogP contribution in [-0.4, -0.2) is 20.2 Å². The minimum atomic E-state index is -1.06. The summed E-state index contributed by atoms with van der Waals surface area (Å²) in [4.78, 5) is 24.2. The Morgan fingerprint density at radius 1 is 0.926 bits per heavy atom. The van der Waals surface area contributed by atoms with Crippen LogP contribution in [-0.2, 0) is 6.54 Å². The number of rotatable bonds is 4. The highest BCUT2D eigenvalue weighted by molar-refractivity contribution is 5.88. The van der Waals surface area contributed by atoms with Crippen LogP contribution in [0.1, 0.15) is 15.9 Å². The second-order valence-electron chi connectivity index (χ2n) is 6.15. The molecule has 0 saturated carbocycles. The number of para-hydroxylation sites is 1. The number of aromatic carboxylic acids is 1. The summed E-state index contributed by atoms with van der Waals surface area (Å²) in [7, 11) is 0. The van der Waals surface area contributed by atoms with Gasteiger partial charge in [0.15, 0.2) is 0 Å². The maximum Gasteiger partial charge on any atom is 0.335 e. The fourth-order valence-electron chi connectivity index (χ4n) is 3.17. The van der Waals surface area contributed by atoms with Gasteiger partial charge in [-0.25, -0.2) is 14.0 Å². The Kier molecular flexibility index (Phi) is 4.08. The first-order chi connectivity index (χ1) is 13.1. The van der Waals surface area contributed by atoms with Crippen molar-refractivity contribution < 1.29 is 14.3 Å². The van der Waals surface area contributed by atoms with E-state index in [1.54, 1.807) is 12.1 Å². The Bertz CT molecular complexity index is 1190. The molecular weight excluding hydrogens is 347 g/mol. The highest BCUT2D eigenvalue weighted by atomic mass is 19.1. The van der Waals surface area contributed by atoms with E-state index in [0.29, 0.717) is 17.7 Å². The minimum Gasteiger partial charge on any atom is -0.478 e. The van der Waals surface area contributed by atoms with Gasteiger partial charge in [-0.2, -0.15) is 0 Å². The molecule has 1 N–H and O–H groups in total. The van der Waals surface area contributed by atoms with Crippen LogP contribution in [0.2, 0.25) is 0 Å². The average Bonchev–Trinajstić information content (AvgIpc) is 2.96. The van der Waals surface area contributed by atoms with Crippen molar-refractivity contribution in [3.05, 3.63) is 100 Å². The highest BCUT2D eigenvalue weighted by Gasteiger charge is 2.18. The number of carboxylic acid groups (broad SMARTS) is 1. The van der Waals surface area contributed by atoms with Crippen LogP contribution < -0.4 is 5.69 Å². The van der Waals surface area contributed by atoms with Gasteiger partial charge in [-0.05, 0) is 42.0 Å². The number of hydrogen-bond donors (Lipinski definition) is 1. The molecule has 0 amide bonds. The van der Waals surface area contributed by atoms with Gasteiger partial charge in [-0.15, -0.1) is 0 Å². The number of imidazole rings is 1. The van der Waals surface area contributed by atoms with Gasteiger partial charge in [-0.1, -0.05) is 36.4 Å². The lowest BCUT2D eigenvalue weighted by Crippen LogP contribution is -2.23. The van der Waals surface area contributed by atoms with Crippen molar-refractivity contribution in [2.75, 3.05) is 0 Å². The molecule has 0 aliphatic heterocycles. The Morgan fingerprint density at radius 2 is 1.63 bits per heavy atom. The van der Waals surface area contributed by atoms with E-state index in [1.165, 1.54) is 39.5 Å². The van der Waals surface area contributed by atoms with E-state index < -0.39 is 11.8 Å². The molecule has 0 radical (unpaired) electrons. The maximum absolute atomic E-state index is 14.6. The first-order valence-corrected chi connectivity index (χ1v) is 8.33. The molecule has 6 heteroatoms. The lowest BCUT2D eigenvalue weighted by Gasteiger charge is -2.04. The van der Waals surface area contributed by atoms with Crippen molar-refractivity contribution in [2.24, 2.45) is 0 Å². The zero-order chi connectivity index (χ0) is 19.0. The summed E-state index contributed by atoms with van der Waals surface area (Å²) in [6.07, 6.45) is 0. The Labute approximate surface area is 153 Å². The third kappa shape index (κ3) is 2.91. The van der Waals surface area contributed by atoms with Crippen LogP contribution in [0, 0.1) is 5.82 Å². The van der Waals surface area contributed by atoms with Gasteiger partial charge in [0.1, 0.15) is 11.3 Å². The van der Waals surface area contributed by atoms with E-state index in [-0.39, 0.29) is 16.8 Å². The second kappa shape index (κ2) is 6.57. The van der Waals surface area contributed by atoms with Crippen molar-refractivity contribution >= 4 is 17.0 Å². The van der Waals surface area contributed by atoms with Gasteiger partial charge in [-0.3, -0.25) is 9.13 Å². The fraction of sp³-hybridized carbons (Fsp3) is 0.0476. The van der Waals surface area contributed by atoms with Crippen molar-refractivity contribution in [1.29, 1.82) is 0 Å². The van der Waals surface area contributed by atoms with Crippen LogP contribution in [0.4, 0.5) is 4.39 Å². The number of carbonyl (C=O) groups is 1. The van der Waals surface area contributed by atoms with Crippen LogP contribution >= 0.6 is 0 Å². The fourth-order valence-corrected chi connectivity index (χ4v) is 3.17. The molecule has 0 bridgehead atoms. The van der Waals surface area contributed by atoms with Crippen LogP contribution in [0.25, 0.3) is 16.7 Å². The standard InChI is InChI=1S/C21H15FN2O3/c22-17-7-4-8-18-19(17)24(16-11-9-15(10-12-16)20(25)26)21(27)23(18)13-14-5-2-1-3-6-14/h1-12H,13H2,(H,25,26). The summed E-state index contributed by atoms with van der Waals surface area (Å²) < 4.78 is 17.4. The second-order valence-corrected chi connectivity index (χ2v) is 6.15. The molecule has 1 aromatic heterocycles. The molecule has 0 aliphatic carbocycles. The number of benzene rings is 3. The summed E-state index contributed by atoms with van der Waals surface area (Å²) >= 11 is 0. The molecule has 1 heterocycles. The molecule has 0 atom stereocenters. The Balaban J connectivity index is 1.94. The topological polar surface area (TPSA) is 64.2 Å². The highest BCUT2D eigenvalue weighted by Crippen LogP contribution is 2.22. The number of aromatic nitrogens is 2. The lowest BCUT2D eigenvalue weighted by molar-refractivity contribution is 0.0697. The largest absolute Gasteiger partial charge is 0.478 e. The van der Waals surface area contributed by atoms with Crippen molar-refractivity contribution in [3.63, 3.8) is 0 Å². The molecule has 27 heavy (non-hydrogen) atoms. The monoisotopic (exact) mass is 362 g/mol. The number of carboxylic acids is 1. The third-order valence-electron chi connectivity index (χ3n) is 4.46. The summed E-state index contributed by atoms with van der Waals surface area (Å²) in [5, 5.41) is 9.05. The first kappa shape index (κ1) is 16.8. The Morgan fingerprint density at radius 3 is 2.30 bits per heavy atom.